The minimum absolute atomic E-state index is 0.778. The minimum Gasteiger partial charge on any atom is -0.307 e. The van der Waals surface area contributed by atoms with Gasteiger partial charge < -0.3 is 3.87 Å². The van der Waals surface area contributed by atoms with Gasteiger partial charge in [0.1, 0.15) is 0 Å². The summed E-state index contributed by atoms with van der Waals surface area (Å²) in [5.74, 6) is 0. The van der Waals surface area contributed by atoms with E-state index in [1.54, 1.807) is 13.8 Å². The van der Waals surface area contributed by atoms with Gasteiger partial charge in [-0.3, -0.25) is 0 Å². The second-order valence-electron chi connectivity index (χ2n) is 5.77. The van der Waals surface area contributed by atoms with E-state index in [1.807, 2.05) is 19.9 Å². The maximum Gasteiger partial charge on any atom is 0.522 e. The second kappa shape index (κ2) is 4.71. The Bertz CT molecular complexity index is 588. The number of halogens is 3. The van der Waals surface area contributed by atoms with Crippen molar-refractivity contribution in [1.82, 2.24) is 0 Å². The third-order valence-electron chi connectivity index (χ3n) is 4.29. The van der Waals surface area contributed by atoms with E-state index in [9.17, 15) is 21.6 Å². The van der Waals surface area contributed by atoms with Crippen LogP contribution in [-0.2, 0) is 14.0 Å². The fourth-order valence-electron chi connectivity index (χ4n) is 2.37. The van der Waals surface area contributed by atoms with Crippen LogP contribution >= 0.6 is 0 Å². The van der Waals surface area contributed by atoms with Crippen LogP contribution in [0.5, 0.6) is 0 Å². The number of hydrogen-bond donors (Lipinski definition) is 0. The molecule has 0 amide bonds. The normalized spacial score (nSPS) is 25.1. The maximum atomic E-state index is 12.5. The Morgan fingerprint density at radius 2 is 1.65 bits per heavy atom. The number of alkyl halides is 3. The van der Waals surface area contributed by atoms with Gasteiger partial charge in [-0.15, -0.1) is 0 Å². The van der Waals surface area contributed by atoms with E-state index >= 15 is 0 Å². The van der Waals surface area contributed by atoms with E-state index in [4.69, 9.17) is 0 Å². The van der Waals surface area contributed by atoms with Crippen molar-refractivity contribution < 1.29 is 25.5 Å². The molecule has 0 spiro atoms. The lowest BCUT2D eigenvalue weighted by molar-refractivity contribution is -0.0504. The van der Waals surface area contributed by atoms with Crippen molar-refractivity contribution in [2.45, 2.75) is 51.3 Å². The van der Waals surface area contributed by atoms with Crippen LogP contribution in [0.1, 0.15) is 27.7 Å². The first-order valence-electron chi connectivity index (χ1n) is 6.05. The van der Waals surface area contributed by atoms with Gasteiger partial charge in [0.25, 0.3) is 0 Å². The number of rotatable bonds is 3. The zero-order valence-corrected chi connectivity index (χ0v) is 14.2. The summed E-state index contributed by atoms with van der Waals surface area (Å²) in [6.07, 6.45) is 1.82. The van der Waals surface area contributed by atoms with Crippen LogP contribution in [0.25, 0.3) is 0 Å². The first-order chi connectivity index (χ1) is 8.66. The van der Waals surface area contributed by atoms with E-state index in [-0.39, 0.29) is 0 Å². The molecule has 0 heterocycles. The van der Waals surface area contributed by atoms with Gasteiger partial charge in [0.15, 0.2) is 0 Å². The van der Waals surface area contributed by atoms with E-state index < -0.39 is 29.0 Å². The molecule has 0 saturated heterocycles. The van der Waals surface area contributed by atoms with Gasteiger partial charge in [-0.05, 0) is 39.4 Å². The van der Waals surface area contributed by atoms with Gasteiger partial charge in [0, 0.05) is 5.04 Å². The Kier molecular flexibility index (Phi) is 4.11. The van der Waals surface area contributed by atoms with Crippen LogP contribution in [0, 0.1) is 0 Å². The van der Waals surface area contributed by atoms with Crippen molar-refractivity contribution in [3.8, 4) is 0 Å². The predicted molar refractivity (Wildman–Crippen MR) is 74.0 cm³/mol. The minimum atomic E-state index is -5.58. The molecule has 0 bridgehead atoms. The van der Waals surface area contributed by atoms with Gasteiger partial charge >= 0.3 is 15.6 Å². The van der Waals surface area contributed by atoms with Crippen molar-refractivity contribution >= 4 is 18.4 Å². The van der Waals surface area contributed by atoms with Gasteiger partial charge in [-0.2, -0.15) is 21.6 Å². The summed E-state index contributed by atoms with van der Waals surface area (Å²) in [6, 6.07) is 0. The van der Waals surface area contributed by atoms with Crippen LogP contribution in [0.4, 0.5) is 13.2 Å². The molecule has 0 aromatic heterocycles. The molecular weight excluding hydrogens is 309 g/mol. The maximum absolute atomic E-state index is 12.5. The highest BCUT2D eigenvalue weighted by Gasteiger charge is 2.56. The monoisotopic (exact) mass is 328 g/mol. The topological polar surface area (TPSA) is 43.4 Å². The molecule has 0 aromatic rings. The molecule has 116 valence electrons. The Morgan fingerprint density at radius 1 is 1.20 bits per heavy atom. The molecule has 1 aliphatic rings. The van der Waals surface area contributed by atoms with Gasteiger partial charge in [-0.25, -0.2) is 0 Å². The summed E-state index contributed by atoms with van der Waals surface area (Å²) in [5, 5.41) is -0.778. The third-order valence-corrected chi connectivity index (χ3v) is 10.4. The van der Waals surface area contributed by atoms with Crippen molar-refractivity contribution in [3.63, 3.8) is 0 Å². The van der Waals surface area contributed by atoms with Crippen LogP contribution in [0.15, 0.2) is 22.8 Å². The molecule has 0 aromatic carbocycles. The molecule has 1 aliphatic carbocycles. The van der Waals surface area contributed by atoms with Gasteiger partial charge in [-0.1, -0.05) is 24.1 Å². The molecule has 8 heteroatoms. The van der Waals surface area contributed by atoms with Crippen molar-refractivity contribution in [1.29, 1.82) is 0 Å². The highest BCUT2D eigenvalue weighted by atomic mass is 32.2. The highest BCUT2D eigenvalue weighted by Crippen LogP contribution is 2.54. The lowest BCUT2D eigenvalue weighted by atomic mass is 10.0. The van der Waals surface area contributed by atoms with E-state index in [0.29, 0.717) is 0 Å². The van der Waals surface area contributed by atoms with Crippen molar-refractivity contribution in [3.05, 3.63) is 22.8 Å². The van der Waals surface area contributed by atoms with E-state index in [2.05, 4.69) is 3.87 Å². The first kappa shape index (κ1) is 17.4. The molecular formula is C12H19F3O3SSi. The molecule has 3 nitrogen and oxygen atoms in total. The first-order valence-corrected chi connectivity index (χ1v) is 10.4. The summed E-state index contributed by atoms with van der Waals surface area (Å²) < 4.78 is 64.7. The molecule has 1 unspecified atom stereocenters. The van der Waals surface area contributed by atoms with Crippen LogP contribution in [-0.4, -0.2) is 22.2 Å². The molecule has 20 heavy (non-hydrogen) atoms. The SMILES string of the molecule is CC1=CC(C)([Si](C)(C)OS(=O)(=O)C(F)(F)F)C(C)=C1C. The second-order valence-corrected chi connectivity index (χ2v) is 11.9. The average Bonchev–Trinajstić information content (AvgIpc) is 2.41. The van der Waals surface area contributed by atoms with Gasteiger partial charge in [0.2, 0.25) is 8.32 Å². The predicted octanol–water partition coefficient (Wildman–Crippen LogP) is 4.11. The van der Waals surface area contributed by atoms with Crippen LogP contribution in [0.3, 0.4) is 0 Å². The quantitative estimate of drug-likeness (QED) is 0.578. The number of hydrogen-bond acceptors (Lipinski definition) is 3. The van der Waals surface area contributed by atoms with E-state index in [0.717, 1.165) is 16.7 Å². The zero-order valence-electron chi connectivity index (χ0n) is 12.3. The van der Waals surface area contributed by atoms with Crippen LogP contribution < -0.4 is 0 Å². The summed E-state index contributed by atoms with van der Waals surface area (Å²) in [7, 11) is -8.81. The molecule has 1 atom stereocenters. The number of allylic oxidation sites excluding steroid dienone is 4. The third kappa shape index (κ3) is 2.60. The molecule has 0 aliphatic heterocycles. The summed E-state index contributed by atoms with van der Waals surface area (Å²) in [5.41, 5.74) is -2.61. The Labute approximate surface area is 118 Å². The molecule has 0 fully saturated rings. The standard InChI is InChI=1S/C12H19F3O3SSi/c1-8-7-11(4,10(3)9(8)2)20(5,6)18-19(16,17)12(13,14)15/h7H,1-6H3. The summed E-state index contributed by atoms with van der Waals surface area (Å²) >= 11 is 0. The summed E-state index contributed by atoms with van der Waals surface area (Å²) in [4.78, 5) is 0. The van der Waals surface area contributed by atoms with Crippen LogP contribution in [0.2, 0.25) is 18.1 Å². The summed E-state index contributed by atoms with van der Waals surface area (Å²) in [6.45, 7) is 10.2. The fraction of sp³-hybridized carbons (Fsp3) is 0.667. The van der Waals surface area contributed by atoms with Gasteiger partial charge in [0.05, 0.1) is 0 Å². The molecule has 0 N–H and O–H groups in total. The zero-order chi connectivity index (χ0) is 16.1. The Hall–Kier alpha value is -0.603. The fourth-order valence-corrected chi connectivity index (χ4v) is 7.29. The molecule has 1 rings (SSSR count). The Balaban J connectivity index is 3.28. The molecule has 0 radical (unpaired) electrons. The van der Waals surface area contributed by atoms with Crippen molar-refractivity contribution in [2.24, 2.45) is 0 Å². The van der Waals surface area contributed by atoms with E-state index in [1.165, 1.54) is 13.1 Å². The Morgan fingerprint density at radius 3 is 1.95 bits per heavy atom. The highest BCUT2D eigenvalue weighted by molar-refractivity contribution is 7.88. The lowest BCUT2D eigenvalue weighted by Crippen LogP contribution is -2.47. The smallest absolute Gasteiger partial charge is 0.307 e. The largest absolute Gasteiger partial charge is 0.522 e. The average molecular weight is 328 g/mol. The van der Waals surface area contributed by atoms with Crippen molar-refractivity contribution in [2.75, 3.05) is 0 Å². The lowest BCUT2D eigenvalue weighted by Gasteiger charge is -2.38. The molecule has 0 saturated carbocycles.